The fourth-order valence-corrected chi connectivity index (χ4v) is 5.16. The lowest BCUT2D eigenvalue weighted by molar-refractivity contribution is -0.135. The first kappa shape index (κ1) is 21.6. The number of amides is 1. The minimum atomic E-state index is 0.0555. The molecule has 1 amide bonds. The van der Waals surface area contributed by atoms with E-state index in [2.05, 4.69) is 17.1 Å². The molecule has 0 radical (unpaired) electrons. The van der Waals surface area contributed by atoms with Crippen LogP contribution in [0.1, 0.15) is 36.7 Å². The van der Waals surface area contributed by atoms with E-state index in [0.29, 0.717) is 5.89 Å². The predicted octanol–water partition coefficient (Wildman–Crippen LogP) is 4.11. The molecule has 7 heteroatoms. The van der Waals surface area contributed by atoms with Crippen LogP contribution >= 0.6 is 0 Å². The largest absolute Gasteiger partial charge is 0.484 e. The summed E-state index contributed by atoms with van der Waals surface area (Å²) in [6.45, 7) is 4.61. The number of hydrogen-bond acceptors (Lipinski definition) is 6. The van der Waals surface area contributed by atoms with Gasteiger partial charge in [0.15, 0.2) is 12.4 Å². The van der Waals surface area contributed by atoms with Gasteiger partial charge in [-0.25, -0.2) is 0 Å². The van der Waals surface area contributed by atoms with Crippen molar-refractivity contribution in [2.24, 2.45) is 5.41 Å². The zero-order valence-corrected chi connectivity index (χ0v) is 19.2. The molecule has 0 aliphatic carbocycles. The Hall–Kier alpha value is -3.19. The van der Waals surface area contributed by atoms with Crippen molar-refractivity contribution in [3.8, 4) is 17.2 Å². The van der Waals surface area contributed by atoms with E-state index >= 15 is 0 Å². The number of hydrogen-bond donors (Lipinski definition) is 0. The lowest BCUT2D eigenvalue weighted by Gasteiger charge is -2.39. The topological polar surface area (TPSA) is 71.7 Å². The van der Waals surface area contributed by atoms with E-state index in [1.54, 1.807) is 0 Å². The second kappa shape index (κ2) is 8.98. The van der Waals surface area contributed by atoms with Crippen LogP contribution in [0.2, 0.25) is 0 Å². The van der Waals surface area contributed by atoms with E-state index < -0.39 is 0 Å². The quantitative estimate of drug-likeness (QED) is 0.587. The molecule has 3 aromatic rings. The highest BCUT2D eigenvalue weighted by molar-refractivity contribution is 5.77. The van der Waals surface area contributed by atoms with Gasteiger partial charge >= 0.3 is 0 Å². The third-order valence-corrected chi connectivity index (χ3v) is 7.03. The first-order valence-electron chi connectivity index (χ1n) is 11.6. The molecule has 7 nitrogen and oxygen atoms in total. The van der Waals surface area contributed by atoms with Crippen molar-refractivity contribution in [3.63, 3.8) is 0 Å². The molecule has 1 atom stereocenters. The summed E-state index contributed by atoms with van der Waals surface area (Å²) in [5, 5.41) is 4.30. The number of aryl methyl sites for hydroxylation is 1. The van der Waals surface area contributed by atoms with Crippen molar-refractivity contribution in [1.82, 2.24) is 19.9 Å². The maximum absolute atomic E-state index is 12.7. The van der Waals surface area contributed by atoms with Gasteiger partial charge in [-0.2, -0.15) is 4.98 Å². The molecule has 1 unspecified atom stereocenters. The number of likely N-dealkylation sites (tertiary alicyclic amines) is 2. The smallest absolute Gasteiger partial charge is 0.260 e. The van der Waals surface area contributed by atoms with Crippen LogP contribution in [0, 0.1) is 12.3 Å². The fraction of sp³-hybridized carbons (Fsp3) is 0.423. The first-order chi connectivity index (χ1) is 16.0. The Labute approximate surface area is 194 Å². The molecule has 33 heavy (non-hydrogen) atoms. The molecular weight excluding hydrogens is 416 g/mol. The molecule has 5 rings (SSSR count). The lowest BCUT2D eigenvalue weighted by Crippen LogP contribution is -2.45. The van der Waals surface area contributed by atoms with Gasteiger partial charge in [-0.05, 0) is 68.5 Å². The van der Waals surface area contributed by atoms with E-state index in [0.717, 1.165) is 61.6 Å². The van der Waals surface area contributed by atoms with Crippen LogP contribution in [0.15, 0.2) is 59.1 Å². The highest BCUT2D eigenvalue weighted by Crippen LogP contribution is 2.47. The highest BCUT2D eigenvalue weighted by atomic mass is 16.5. The van der Waals surface area contributed by atoms with E-state index in [9.17, 15) is 4.79 Å². The summed E-state index contributed by atoms with van der Waals surface area (Å²) in [7, 11) is 2.13. The Morgan fingerprint density at radius 3 is 2.70 bits per heavy atom. The summed E-state index contributed by atoms with van der Waals surface area (Å²) >= 11 is 0. The summed E-state index contributed by atoms with van der Waals surface area (Å²) in [5.41, 5.74) is 2.24. The van der Waals surface area contributed by atoms with Crippen LogP contribution in [0.4, 0.5) is 0 Å². The standard InChI is InChI=1S/C26H30N4O3/c1-19-7-6-10-21(15-19)32-17-23(31)30-13-11-26(12-14-30)16-22(29(2)18-26)24-27-25(33-28-24)20-8-4-3-5-9-20/h3-10,15,22H,11-14,16-18H2,1-2H3. The second-order valence-corrected chi connectivity index (χ2v) is 9.44. The van der Waals surface area contributed by atoms with Gasteiger partial charge < -0.3 is 14.2 Å². The van der Waals surface area contributed by atoms with Gasteiger partial charge in [0.2, 0.25) is 0 Å². The third-order valence-electron chi connectivity index (χ3n) is 7.03. The van der Waals surface area contributed by atoms with Gasteiger partial charge in [-0.3, -0.25) is 9.69 Å². The molecule has 172 valence electrons. The average Bonchev–Trinajstić information content (AvgIpc) is 3.43. The zero-order valence-electron chi connectivity index (χ0n) is 19.2. The summed E-state index contributed by atoms with van der Waals surface area (Å²) in [5.74, 6) is 2.11. The maximum atomic E-state index is 12.7. The summed E-state index contributed by atoms with van der Waals surface area (Å²) < 4.78 is 11.3. The van der Waals surface area contributed by atoms with Crippen molar-refractivity contribution in [1.29, 1.82) is 0 Å². The third kappa shape index (κ3) is 4.64. The Morgan fingerprint density at radius 2 is 1.94 bits per heavy atom. The molecule has 2 aromatic carbocycles. The van der Waals surface area contributed by atoms with Gasteiger partial charge in [0, 0.05) is 25.2 Å². The number of carbonyl (C=O) groups excluding carboxylic acids is 1. The normalized spacial score (nSPS) is 20.3. The molecule has 0 bridgehead atoms. The molecule has 2 fully saturated rings. The van der Waals surface area contributed by atoms with Crippen molar-refractivity contribution < 1.29 is 14.1 Å². The molecule has 0 N–H and O–H groups in total. The maximum Gasteiger partial charge on any atom is 0.260 e. The van der Waals surface area contributed by atoms with Crippen LogP contribution in [0.3, 0.4) is 0 Å². The van der Waals surface area contributed by atoms with E-state index in [4.69, 9.17) is 14.2 Å². The summed E-state index contributed by atoms with van der Waals surface area (Å²) in [6, 6.07) is 17.8. The number of benzene rings is 2. The van der Waals surface area contributed by atoms with Crippen LogP contribution in [0.5, 0.6) is 5.75 Å². The SMILES string of the molecule is Cc1cccc(OCC(=O)N2CCC3(CC2)CC(c2noc(-c4ccccc4)n2)N(C)C3)c1. The highest BCUT2D eigenvalue weighted by Gasteiger charge is 2.46. The number of carbonyl (C=O) groups is 1. The molecule has 3 heterocycles. The van der Waals surface area contributed by atoms with Crippen molar-refractivity contribution in [2.75, 3.05) is 33.3 Å². The molecule has 2 aliphatic heterocycles. The fourth-order valence-electron chi connectivity index (χ4n) is 5.16. The van der Waals surface area contributed by atoms with Gasteiger partial charge in [0.25, 0.3) is 11.8 Å². The second-order valence-electron chi connectivity index (χ2n) is 9.44. The molecule has 2 aliphatic rings. The first-order valence-corrected chi connectivity index (χ1v) is 11.6. The number of rotatable bonds is 5. The minimum Gasteiger partial charge on any atom is -0.484 e. The summed E-state index contributed by atoms with van der Waals surface area (Å²) in [6.07, 6.45) is 2.94. The van der Waals surface area contributed by atoms with E-state index in [1.807, 2.05) is 66.4 Å². The Balaban J connectivity index is 1.17. The molecule has 1 spiro atoms. The number of ether oxygens (including phenoxy) is 1. The summed E-state index contributed by atoms with van der Waals surface area (Å²) in [4.78, 5) is 21.7. The zero-order chi connectivity index (χ0) is 22.8. The number of aromatic nitrogens is 2. The average molecular weight is 447 g/mol. The van der Waals surface area contributed by atoms with E-state index in [1.165, 1.54) is 0 Å². The molecule has 0 saturated carbocycles. The Bertz CT molecular complexity index is 1110. The molecular formula is C26H30N4O3. The van der Waals surface area contributed by atoms with Gasteiger partial charge in [0.1, 0.15) is 5.75 Å². The lowest BCUT2D eigenvalue weighted by atomic mass is 9.76. The van der Waals surface area contributed by atoms with Crippen LogP contribution < -0.4 is 4.74 Å². The van der Waals surface area contributed by atoms with Crippen molar-refractivity contribution in [2.45, 2.75) is 32.2 Å². The minimum absolute atomic E-state index is 0.0555. The van der Waals surface area contributed by atoms with Crippen molar-refractivity contribution in [3.05, 3.63) is 66.0 Å². The van der Waals surface area contributed by atoms with E-state index in [-0.39, 0.29) is 24.0 Å². The van der Waals surface area contributed by atoms with Crippen LogP contribution in [-0.2, 0) is 4.79 Å². The molecule has 2 saturated heterocycles. The Kier molecular flexibility index (Phi) is 5.89. The van der Waals surface area contributed by atoms with Crippen molar-refractivity contribution >= 4 is 5.91 Å². The number of piperidine rings is 1. The van der Waals surface area contributed by atoms with Gasteiger partial charge in [-0.15, -0.1) is 0 Å². The van der Waals surface area contributed by atoms with Gasteiger partial charge in [0.05, 0.1) is 6.04 Å². The van der Waals surface area contributed by atoms with Gasteiger partial charge in [-0.1, -0.05) is 35.5 Å². The Morgan fingerprint density at radius 1 is 1.15 bits per heavy atom. The molecule has 1 aromatic heterocycles. The van der Waals surface area contributed by atoms with Crippen LogP contribution in [0.25, 0.3) is 11.5 Å². The predicted molar refractivity (Wildman–Crippen MR) is 125 cm³/mol. The van der Waals surface area contributed by atoms with Crippen LogP contribution in [-0.4, -0.2) is 59.1 Å². The monoisotopic (exact) mass is 446 g/mol. The number of nitrogens with zero attached hydrogens (tertiary/aromatic N) is 4.